The minimum absolute atomic E-state index is 0.257. The largest absolute Gasteiger partial charge is 0.366 e. The standard InChI is InChI=1S/C23H23ClN2O2/c1-15-12-16(2)14-25(13-15)21-20(17-6-4-3-5-7-17)22(27)26(23(21)28)19-10-8-18(24)9-11-19/h3-11,15-16H,12-14H2,1-2H3. The van der Waals surface area contributed by atoms with Crippen molar-refractivity contribution in [3.63, 3.8) is 0 Å². The van der Waals surface area contributed by atoms with Crippen LogP contribution >= 0.6 is 11.6 Å². The molecule has 0 spiro atoms. The van der Waals surface area contributed by atoms with Crippen molar-refractivity contribution >= 4 is 34.7 Å². The Hall–Kier alpha value is -2.59. The lowest BCUT2D eigenvalue weighted by atomic mass is 9.91. The molecule has 0 saturated carbocycles. The Labute approximate surface area is 170 Å². The van der Waals surface area contributed by atoms with Crippen LogP contribution in [0.5, 0.6) is 0 Å². The summed E-state index contributed by atoms with van der Waals surface area (Å²) in [6.07, 6.45) is 1.13. The molecule has 28 heavy (non-hydrogen) atoms. The topological polar surface area (TPSA) is 40.6 Å². The van der Waals surface area contributed by atoms with Gasteiger partial charge in [0.15, 0.2) is 0 Å². The van der Waals surface area contributed by atoms with Crippen LogP contribution in [0, 0.1) is 11.8 Å². The molecule has 1 saturated heterocycles. The molecule has 5 heteroatoms. The molecule has 2 heterocycles. The highest BCUT2D eigenvalue weighted by molar-refractivity contribution is 6.45. The van der Waals surface area contributed by atoms with Crippen LogP contribution in [0.1, 0.15) is 25.8 Å². The fourth-order valence-corrected chi connectivity index (χ4v) is 4.47. The van der Waals surface area contributed by atoms with Gasteiger partial charge in [0.1, 0.15) is 5.70 Å². The average molecular weight is 395 g/mol. The number of amides is 2. The molecular formula is C23H23ClN2O2. The van der Waals surface area contributed by atoms with E-state index in [0.717, 1.165) is 25.1 Å². The van der Waals surface area contributed by atoms with Gasteiger partial charge in [-0.1, -0.05) is 55.8 Å². The Kier molecular flexibility index (Phi) is 4.98. The summed E-state index contributed by atoms with van der Waals surface area (Å²) < 4.78 is 0. The van der Waals surface area contributed by atoms with Crippen LogP contribution in [0.15, 0.2) is 60.3 Å². The summed E-state index contributed by atoms with van der Waals surface area (Å²) >= 11 is 5.99. The van der Waals surface area contributed by atoms with E-state index in [2.05, 4.69) is 18.7 Å². The molecule has 0 aliphatic carbocycles. The molecule has 2 aromatic rings. The molecule has 2 aliphatic rings. The van der Waals surface area contributed by atoms with Crippen LogP contribution in [0.2, 0.25) is 5.02 Å². The summed E-state index contributed by atoms with van der Waals surface area (Å²) in [7, 11) is 0. The van der Waals surface area contributed by atoms with E-state index in [9.17, 15) is 9.59 Å². The highest BCUT2D eigenvalue weighted by Crippen LogP contribution is 2.37. The van der Waals surface area contributed by atoms with Crippen molar-refractivity contribution in [2.45, 2.75) is 20.3 Å². The highest BCUT2D eigenvalue weighted by atomic mass is 35.5. The van der Waals surface area contributed by atoms with Gasteiger partial charge in [-0.3, -0.25) is 9.59 Å². The van der Waals surface area contributed by atoms with Gasteiger partial charge in [0.05, 0.1) is 11.3 Å². The fraction of sp³-hybridized carbons (Fsp3) is 0.304. The lowest BCUT2D eigenvalue weighted by Crippen LogP contribution is -2.42. The molecule has 2 unspecified atom stereocenters. The third-order valence-electron chi connectivity index (χ3n) is 5.39. The van der Waals surface area contributed by atoms with Crippen LogP contribution in [-0.2, 0) is 9.59 Å². The average Bonchev–Trinajstić information content (AvgIpc) is 2.93. The van der Waals surface area contributed by atoms with Crippen LogP contribution in [0.3, 0.4) is 0 Å². The normalized spacial score (nSPS) is 23.0. The molecule has 144 valence electrons. The van der Waals surface area contributed by atoms with Gasteiger partial charge >= 0.3 is 0 Å². The number of rotatable bonds is 3. The number of piperidine rings is 1. The third-order valence-corrected chi connectivity index (χ3v) is 5.64. The molecule has 4 rings (SSSR count). The molecule has 2 amide bonds. The van der Waals surface area contributed by atoms with Crippen LogP contribution in [-0.4, -0.2) is 29.8 Å². The first-order valence-corrected chi connectivity index (χ1v) is 10.0. The minimum atomic E-state index is -0.278. The van der Waals surface area contributed by atoms with Gasteiger partial charge < -0.3 is 4.90 Å². The number of halogens is 1. The highest BCUT2D eigenvalue weighted by Gasteiger charge is 2.43. The first kappa shape index (κ1) is 18.8. The zero-order chi connectivity index (χ0) is 19.8. The van der Waals surface area contributed by atoms with Gasteiger partial charge in [0.2, 0.25) is 0 Å². The van der Waals surface area contributed by atoms with Gasteiger partial charge in [-0.2, -0.15) is 0 Å². The molecule has 4 nitrogen and oxygen atoms in total. The second-order valence-electron chi connectivity index (χ2n) is 7.86. The lowest BCUT2D eigenvalue weighted by molar-refractivity contribution is -0.120. The van der Waals surface area contributed by atoms with Crippen molar-refractivity contribution in [1.29, 1.82) is 0 Å². The predicted octanol–water partition coefficient (Wildman–Crippen LogP) is 4.60. The molecule has 0 bridgehead atoms. The van der Waals surface area contributed by atoms with E-state index in [1.807, 2.05) is 30.3 Å². The number of anilines is 1. The van der Waals surface area contributed by atoms with Gasteiger partial charge in [0.25, 0.3) is 11.8 Å². The Bertz CT molecular complexity index is 927. The number of hydrogen-bond acceptors (Lipinski definition) is 3. The molecule has 1 fully saturated rings. The predicted molar refractivity (Wildman–Crippen MR) is 112 cm³/mol. The van der Waals surface area contributed by atoms with Crippen LogP contribution in [0.4, 0.5) is 5.69 Å². The van der Waals surface area contributed by atoms with E-state index < -0.39 is 0 Å². The summed E-state index contributed by atoms with van der Waals surface area (Å²) in [4.78, 5) is 30.3. The number of benzene rings is 2. The van der Waals surface area contributed by atoms with E-state index in [1.54, 1.807) is 24.3 Å². The van der Waals surface area contributed by atoms with Gasteiger partial charge in [-0.25, -0.2) is 4.90 Å². The fourth-order valence-electron chi connectivity index (χ4n) is 4.35. The quantitative estimate of drug-likeness (QED) is 0.714. The minimum Gasteiger partial charge on any atom is -0.366 e. The summed E-state index contributed by atoms with van der Waals surface area (Å²) in [5, 5.41) is 0.568. The number of imide groups is 1. The first-order chi connectivity index (χ1) is 13.5. The molecule has 2 aliphatic heterocycles. The number of nitrogens with zero attached hydrogens (tertiary/aromatic N) is 2. The van der Waals surface area contributed by atoms with E-state index in [0.29, 0.717) is 33.8 Å². The maximum absolute atomic E-state index is 13.5. The van der Waals surface area contributed by atoms with Gasteiger partial charge in [-0.05, 0) is 48.1 Å². The molecular weight excluding hydrogens is 372 g/mol. The molecule has 0 N–H and O–H groups in total. The maximum Gasteiger partial charge on any atom is 0.282 e. The van der Waals surface area contributed by atoms with Crippen LogP contribution < -0.4 is 4.90 Å². The van der Waals surface area contributed by atoms with Crippen LogP contribution in [0.25, 0.3) is 5.57 Å². The van der Waals surface area contributed by atoms with Crippen molar-refractivity contribution < 1.29 is 9.59 Å². The molecule has 0 radical (unpaired) electrons. The third kappa shape index (κ3) is 3.33. The summed E-state index contributed by atoms with van der Waals surface area (Å²) in [5.41, 5.74) is 2.32. The van der Waals surface area contributed by atoms with E-state index in [4.69, 9.17) is 11.6 Å². The van der Waals surface area contributed by atoms with Crippen molar-refractivity contribution in [2.75, 3.05) is 18.0 Å². The number of hydrogen-bond donors (Lipinski definition) is 0. The molecule has 0 aromatic heterocycles. The number of likely N-dealkylation sites (tertiary alicyclic amines) is 1. The van der Waals surface area contributed by atoms with Crippen molar-refractivity contribution in [3.05, 3.63) is 70.9 Å². The van der Waals surface area contributed by atoms with Crippen molar-refractivity contribution in [3.8, 4) is 0 Å². The number of carbonyl (C=O) groups is 2. The van der Waals surface area contributed by atoms with Crippen molar-refractivity contribution in [2.24, 2.45) is 11.8 Å². The van der Waals surface area contributed by atoms with Gasteiger partial charge in [-0.15, -0.1) is 0 Å². The molecule has 2 aromatic carbocycles. The Balaban J connectivity index is 1.82. The monoisotopic (exact) mass is 394 g/mol. The zero-order valence-electron chi connectivity index (χ0n) is 16.1. The zero-order valence-corrected chi connectivity index (χ0v) is 16.8. The molecule has 2 atom stereocenters. The SMILES string of the molecule is CC1CC(C)CN(C2=C(c3ccccc3)C(=O)N(c3ccc(Cl)cc3)C2=O)C1. The van der Waals surface area contributed by atoms with E-state index in [1.165, 1.54) is 4.90 Å². The summed E-state index contributed by atoms with van der Waals surface area (Å²) in [6, 6.07) is 16.3. The Morgan fingerprint density at radius 1 is 0.857 bits per heavy atom. The summed E-state index contributed by atoms with van der Waals surface area (Å²) in [6.45, 7) is 5.96. The van der Waals surface area contributed by atoms with Gasteiger partial charge in [0, 0.05) is 18.1 Å². The van der Waals surface area contributed by atoms with E-state index in [-0.39, 0.29) is 11.8 Å². The summed E-state index contributed by atoms with van der Waals surface area (Å²) in [5.74, 6) is 0.411. The Morgan fingerprint density at radius 3 is 2.07 bits per heavy atom. The first-order valence-electron chi connectivity index (χ1n) is 9.64. The number of carbonyl (C=O) groups excluding carboxylic acids is 2. The van der Waals surface area contributed by atoms with Crippen molar-refractivity contribution in [1.82, 2.24) is 4.90 Å². The Morgan fingerprint density at radius 2 is 1.46 bits per heavy atom. The smallest absolute Gasteiger partial charge is 0.282 e. The maximum atomic E-state index is 13.5. The second kappa shape index (κ2) is 7.44. The second-order valence-corrected chi connectivity index (χ2v) is 8.30. The van der Waals surface area contributed by atoms with E-state index >= 15 is 0 Å². The lowest BCUT2D eigenvalue weighted by Gasteiger charge is -2.37.